The molecular formula is C13H18N2O6. The summed E-state index contributed by atoms with van der Waals surface area (Å²) in [7, 11) is 2.94. The number of nitrogens with one attached hydrogen (secondary N) is 2. The molecule has 0 radical (unpaired) electrons. The summed E-state index contributed by atoms with van der Waals surface area (Å²) in [5, 5.41) is 22.8. The van der Waals surface area contributed by atoms with Crippen LogP contribution in [-0.2, 0) is 4.79 Å². The van der Waals surface area contributed by atoms with Crippen molar-refractivity contribution in [2.75, 3.05) is 19.5 Å². The van der Waals surface area contributed by atoms with E-state index in [0.717, 1.165) is 0 Å². The highest BCUT2D eigenvalue weighted by molar-refractivity contribution is 5.92. The Morgan fingerprint density at radius 3 is 2.29 bits per heavy atom. The number of aliphatic hydroxyl groups excluding tert-OH is 1. The smallest absolute Gasteiger partial charge is 0.328 e. The van der Waals surface area contributed by atoms with E-state index >= 15 is 0 Å². The average Bonchev–Trinajstić information content (AvgIpc) is 2.43. The van der Waals surface area contributed by atoms with Gasteiger partial charge in [0, 0.05) is 11.8 Å². The van der Waals surface area contributed by atoms with Gasteiger partial charge in [-0.1, -0.05) is 0 Å². The van der Waals surface area contributed by atoms with Gasteiger partial charge in [0.05, 0.1) is 20.3 Å². The first-order valence-corrected chi connectivity index (χ1v) is 6.09. The Hall–Kier alpha value is -2.48. The molecule has 2 amide bonds. The number of amides is 2. The first kappa shape index (κ1) is 16.6. The molecule has 0 fully saturated rings. The van der Waals surface area contributed by atoms with Gasteiger partial charge in [-0.25, -0.2) is 9.59 Å². The van der Waals surface area contributed by atoms with Gasteiger partial charge in [0.25, 0.3) is 0 Å². The molecule has 0 unspecified atom stereocenters. The van der Waals surface area contributed by atoms with E-state index in [1.165, 1.54) is 27.2 Å². The molecule has 0 aromatic heterocycles. The lowest BCUT2D eigenvalue weighted by Crippen LogP contribution is -2.49. The van der Waals surface area contributed by atoms with Crippen molar-refractivity contribution < 1.29 is 29.3 Å². The number of methoxy groups -OCH3 is 2. The molecule has 8 nitrogen and oxygen atoms in total. The molecule has 1 aromatic rings. The van der Waals surface area contributed by atoms with E-state index < -0.39 is 24.1 Å². The van der Waals surface area contributed by atoms with Crippen LogP contribution >= 0.6 is 0 Å². The topological polar surface area (TPSA) is 117 Å². The number of aliphatic carboxylic acids is 1. The number of hydrogen-bond acceptors (Lipinski definition) is 5. The van der Waals surface area contributed by atoms with Crippen LogP contribution in [0.25, 0.3) is 0 Å². The molecule has 0 spiro atoms. The Bertz CT molecular complexity index is 517. The third kappa shape index (κ3) is 4.53. The first-order valence-electron chi connectivity index (χ1n) is 6.09. The number of benzene rings is 1. The minimum absolute atomic E-state index is 0.389. The summed E-state index contributed by atoms with van der Waals surface area (Å²) in [6.07, 6.45) is -1.22. The van der Waals surface area contributed by atoms with Gasteiger partial charge >= 0.3 is 12.0 Å². The molecule has 1 aromatic carbocycles. The molecule has 4 N–H and O–H groups in total. The maximum absolute atomic E-state index is 11.7. The molecule has 0 heterocycles. The van der Waals surface area contributed by atoms with E-state index in [1.54, 1.807) is 12.1 Å². The number of anilines is 1. The summed E-state index contributed by atoms with van der Waals surface area (Å²) in [5.74, 6) is -0.413. The maximum atomic E-state index is 11.7. The average molecular weight is 298 g/mol. The maximum Gasteiger partial charge on any atom is 0.328 e. The summed E-state index contributed by atoms with van der Waals surface area (Å²) < 4.78 is 10.1. The zero-order valence-electron chi connectivity index (χ0n) is 11.9. The Labute approximate surface area is 121 Å². The zero-order valence-corrected chi connectivity index (χ0v) is 11.9. The van der Waals surface area contributed by atoms with Crippen LogP contribution in [0.4, 0.5) is 10.5 Å². The van der Waals surface area contributed by atoms with Crippen LogP contribution in [0.1, 0.15) is 6.92 Å². The van der Waals surface area contributed by atoms with Crippen LogP contribution in [0, 0.1) is 0 Å². The first-order chi connectivity index (χ1) is 9.88. The normalized spacial score (nSPS) is 13.0. The molecule has 116 valence electrons. The SMILES string of the molecule is COc1ccc(NC(=O)N[C@H](C(=O)O)[C@@H](C)O)cc1OC. The van der Waals surface area contributed by atoms with Crippen molar-refractivity contribution in [1.82, 2.24) is 5.32 Å². The lowest BCUT2D eigenvalue weighted by Gasteiger charge is -2.17. The van der Waals surface area contributed by atoms with Crippen molar-refractivity contribution in [2.24, 2.45) is 0 Å². The lowest BCUT2D eigenvalue weighted by molar-refractivity contribution is -0.141. The van der Waals surface area contributed by atoms with Gasteiger partial charge in [-0.15, -0.1) is 0 Å². The van der Waals surface area contributed by atoms with E-state index in [2.05, 4.69) is 10.6 Å². The number of aliphatic hydroxyl groups is 1. The van der Waals surface area contributed by atoms with Crippen molar-refractivity contribution in [3.63, 3.8) is 0 Å². The number of carboxylic acids is 1. The molecule has 8 heteroatoms. The second kappa shape index (κ2) is 7.34. The molecule has 0 aliphatic heterocycles. The van der Waals surface area contributed by atoms with Gasteiger partial charge in [0.1, 0.15) is 0 Å². The third-order valence-corrected chi connectivity index (χ3v) is 2.68. The number of hydrogen-bond donors (Lipinski definition) is 4. The standard InChI is InChI=1S/C13H18N2O6/c1-7(16)11(12(17)18)15-13(19)14-8-4-5-9(20-2)10(6-8)21-3/h4-7,11,16H,1-3H3,(H,17,18)(H2,14,15,19)/t7-,11+/m1/s1. The summed E-state index contributed by atoms with van der Waals surface area (Å²) in [6, 6.07) is 2.54. The number of ether oxygens (including phenoxy) is 2. The molecule has 0 bridgehead atoms. The van der Waals surface area contributed by atoms with Crippen LogP contribution in [0.5, 0.6) is 11.5 Å². The van der Waals surface area contributed by atoms with E-state index in [9.17, 15) is 14.7 Å². The molecule has 0 aliphatic carbocycles. The van der Waals surface area contributed by atoms with Crippen LogP contribution in [0.15, 0.2) is 18.2 Å². The zero-order chi connectivity index (χ0) is 16.0. The van der Waals surface area contributed by atoms with E-state index in [0.29, 0.717) is 17.2 Å². The molecule has 0 saturated heterocycles. The Kier molecular flexibility index (Phi) is 5.79. The molecule has 21 heavy (non-hydrogen) atoms. The van der Waals surface area contributed by atoms with Gasteiger partial charge in [-0.3, -0.25) is 0 Å². The minimum atomic E-state index is -1.40. The third-order valence-electron chi connectivity index (χ3n) is 2.68. The summed E-state index contributed by atoms with van der Waals surface area (Å²) in [6.45, 7) is 1.27. The van der Waals surface area contributed by atoms with Crippen molar-refractivity contribution in [1.29, 1.82) is 0 Å². The highest BCUT2D eigenvalue weighted by Crippen LogP contribution is 2.29. The Balaban J connectivity index is 2.77. The fourth-order valence-electron chi connectivity index (χ4n) is 1.61. The second-order valence-corrected chi connectivity index (χ2v) is 4.22. The van der Waals surface area contributed by atoms with Crippen molar-refractivity contribution in [3.05, 3.63) is 18.2 Å². The van der Waals surface area contributed by atoms with Gasteiger partial charge < -0.3 is 30.3 Å². The molecule has 2 atom stereocenters. The lowest BCUT2D eigenvalue weighted by atomic mass is 10.2. The monoisotopic (exact) mass is 298 g/mol. The Morgan fingerprint density at radius 1 is 1.19 bits per heavy atom. The van der Waals surface area contributed by atoms with Crippen LogP contribution in [-0.4, -0.2) is 48.6 Å². The molecular weight excluding hydrogens is 280 g/mol. The fraction of sp³-hybridized carbons (Fsp3) is 0.385. The van der Waals surface area contributed by atoms with Crippen LogP contribution in [0.2, 0.25) is 0 Å². The summed E-state index contributed by atoms with van der Waals surface area (Å²) in [4.78, 5) is 22.6. The number of rotatable bonds is 6. The highest BCUT2D eigenvalue weighted by atomic mass is 16.5. The fourth-order valence-corrected chi connectivity index (χ4v) is 1.61. The van der Waals surface area contributed by atoms with E-state index in [1.807, 2.05) is 0 Å². The van der Waals surface area contributed by atoms with Gasteiger partial charge in [0.15, 0.2) is 17.5 Å². The number of urea groups is 1. The van der Waals surface area contributed by atoms with Gasteiger partial charge in [0.2, 0.25) is 0 Å². The van der Waals surface area contributed by atoms with Gasteiger partial charge in [-0.2, -0.15) is 0 Å². The molecule has 0 aliphatic rings. The quantitative estimate of drug-likeness (QED) is 0.613. The van der Waals surface area contributed by atoms with E-state index in [-0.39, 0.29) is 0 Å². The number of carboxylic acid groups (broad SMARTS) is 1. The van der Waals surface area contributed by atoms with Crippen molar-refractivity contribution in [3.8, 4) is 11.5 Å². The number of carbonyl (C=O) groups is 2. The van der Waals surface area contributed by atoms with Gasteiger partial charge in [-0.05, 0) is 19.1 Å². The number of carbonyl (C=O) groups excluding carboxylic acids is 1. The molecule has 0 saturated carbocycles. The minimum Gasteiger partial charge on any atom is -0.493 e. The second-order valence-electron chi connectivity index (χ2n) is 4.22. The van der Waals surface area contributed by atoms with E-state index in [4.69, 9.17) is 14.6 Å². The summed E-state index contributed by atoms with van der Waals surface area (Å²) >= 11 is 0. The largest absolute Gasteiger partial charge is 0.493 e. The highest BCUT2D eigenvalue weighted by Gasteiger charge is 2.25. The van der Waals surface area contributed by atoms with Crippen molar-refractivity contribution in [2.45, 2.75) is 19.1 Å². The summed E-state index contributed by atoms with van der Waals surface area (Å²) in [5.41, 5.74) is 0.389. The van der Waals surface area contributed by atoms with Crippen molar-refractivity contribution >= 4 is 17.7 Å². The molecule has 1 rings (SSSR count). The predicted molar refractivity (Wildman–Crippen MR) is 74.8 cm³/mol. The van der Waals surface area contributed by atoms with Crippen LogP contribution < -0.4 is 20.1 Å². The predicted octanol–water partition coefficient (Wildman–Crippen LogP) is 0.659. The Morgan fingerprint density at radius 2 is 1.81 bits per heavy atom. The van der Waals surface area contributed by atoms with Crippen LogP contribution in [0.3, 0.4) is 0 Å².